The summed E-state index contributed by atoms with van der Waals surface area (Å²) in [6, 6.07) is 0.526. The smallest absolute Gasteiger partial charge is 0.321 e. The monoisotopic (exact) mass is 225 g/mol. The molecule has 6 nitrogen and oxygen atoms in total. The van der Waals surface area contributed by atoms with E-state index in [2.05, 4.69) is 25.7 Å². The van der Waals surface area contributed by atoms with Crippen LogP contribution in [0, 0.1) is 6.92 Å². The molecule has 1 saturated heterocycles. The first kappa shape index (κ1) is 11.3. The van der Waals surface area contributed by atoms with Gasteiger partial charge in [0.05, 0.1) is 0 Å². The number of rotatable bonds is 5. The van der Waals surface area contributed by atoms with Crippen LogP contribution in [0.3, 0.4) is 0 Å². The molecule has 1 aromatic rings. The highest BCUT2D eigenvalue weighted by Crippen LogP contribution is 2.02. The SMILES string of the molecule is Cc1noc(NCCCN2CCNCC2)n1. The predicted octanol–water partition coefficient (Wildman–Crippen LogP) is 0.0852. The molecule has 2 heterocycles. The summed E-state index contributed by atoms with van der Waals surface area (Å²) in [5.74, 6) is 0.671. The molecular weight excluding hydrogens is 206 g/mol. The average molecular weight is 225 g/mol. The lowest BCUT2D eigenvalue weighted by molar-refractivity contribution is 0.240. The van der Waals surface area contributed by atoms with Crippen molar-refractivity contribution in [1.29, 1.82) is 0 Å². The molecule has 1 aliphatic rings. The van der Waals surface area contributed by atoms with E-state index in [0.29, 0.717) is 11.8 Å². The van der Waals surface area contributed by atoms with Crippen LogP contribution in [0.4, 0.5) is 6.01 Å². The zero-order valence-electron chi connectivity index (χ0n) is 9.70. The summed E-state index contributed by atoms with van der Waals surface area (Å²) in [5, 5.41) is 10.2. The van der Waals surface area contributed by atoms with Gasteiger partial charge in [-0.2, -0.15) is 4.98 Å². The van der Waals surface area contributed by atoms with Gasteiger partial charge < -0.3 is 20.1 Å². The van der Waals surface area contributed by atoms with Gasteiger partial charge in [-0.25, -0.2) is 0 Å². The van der Waals surface area contributed by atoms with Crippen LogP contribution in [0.1, 0.15) is 12.2 Å². The van der Waals surface area contributed by atoms with Gasteiger partial charge >= 0.3 is 6.01 Å². The lowest BCUT2D eigenvalue weighted by Crippen LogP contribution is -2.44. The third-order valence-electron chi connectivity index (χ3n) is 2.66. The van der Waals surface area contributed by atoms with E-state index in [4.69, 9.17) is 4.52 Å². The van der Waals surface area contributed by atoms with Crippen molar-refractivity contribution in [3.05, 3.63) is 5.82 Å². The van der Waals surface area contributed by atoms with Gasteiger partial charge in [-0.1, -0.05) is 5.16 Å². The fourth-order valence-corrected chi connectivity index (χ4v) is 1.80. The molecule has 0 bridgehead atoms. The second kappa shape index (κ2) is 5.81. The van der Waals surface area contributed by atoms with Gasteiger partial charge in [-0.15, -0.1) is 0 Å². The lowest BCUT2D eigenvalue weighted by atomic mass is 10.3. The second-order valence-electron chi connectivity index (χ2n) is 4.02. The van der Waals surface area contributed by atoms with Crippen molar-refractivity contribution in [3.63, 3.8) is 0 Å². The number of anilines is 1. The number of hydrogen-bond acceptors (Lipinski definition) is 6. The minimum absolute atomic E-state index is 0.526. The van der Waals surface area contributed by atoms with Gasteiger partial charge in [0.25, 0.3) is 0 Å². The Labute approximate surface area is 95.4 Å². The van der Waals surface area contributed by atoms with E-state index in [-0.39, 0.29) is 0 Å². The molecule has 2 rings (SSSR count). The minimum Gasteiger partial charge on any atom is -0.338 e. The lowest BCUT2D eigenvalue weighted by Gasteiger charge is -2.26. The Morgan fingerprint density at radius 2 is 2.25 bits per heavy atom. The largest absolute Gasteiger partial charge is 0.338 e. The molecule has 2 N–H and O–H groups in total. The Morgan fingerprint density at radius 1 is 1.44 bits per heavy atom. The maximum Gasteiger partial charge on any atom is 0.321 e. The zero-order chi connectivity index (χ0) is 11.2. The fraction of sp³-hybridized carbons (Fsp3) is 0.800. The summed E-state index contributed by atoms with van der Waals surface area (Å²) in [4.78, 5) is 6.55. The summed E-state index contributed by atoms with van der Waals surface area (Å²) in [5.41, 5.74) is 0. The highest BCUT2D eigenvalue weighted by atomic mass is 16.5. The normalized spacial score (nSPS) is 17.6. The topological polar surface area (TPSA) is 66.2 Å². The number of piperazine rings is 1. The van der Waals surface area contributed by atoms with E-state index in [9.17, 15) is 0 Å². The van der Waals surface area contributed by atoms with Crippen molar-refractivity contribution in [2.45, 2.75) is 13.3 Å². The fourth-order valence-electron chi connectivity index (χ4n) is 1.80. The molecule has 0 aromatic carbocycles. The molecule has 1 aliphatic heterocycles. The summed E-state index contributed by atoms with van der Waals surface area (Å²) in [7, 11) is 0. The molecule has 0 radical (unpaired) electrons. The molecule has 6 heteroatoms. The van der Waals surface area contributed by atoms with Crippen molar-refractivity contribution in [1.82, 2.24) is 20.4 Å². The summed E-state index contributed by atoms with van der Waals surface area (Å²) < 4.78 is 4.96. The van der Waals surface area contributed by atoms with Gasteiger partial charge in [0.1, 0.15) is 0 Å². The van der Waals surface area contributed by atoms with E-state index < -0.39 is 0 Å². The number of nitrogens with one attached hydrogen (secondary N) is 2. The highest BCUT2D eigenvalue weighted by molar-refractivity contribution is 5.17. The first-order valence-electron chi connectivity index (χ1n) is 5.82. The molecule has 0 atom stereocenters. The van der Waals surface area contributed by atoms with Crippen LogP contribution in [-0.2, 0) is 0 Å². The Hall–Kier alpha value is -1.14. The molecule has 0 aliphatic carbocycles. The van der Waals surface area contributed by atoms with Crippen LogP contribution in [0.2, 0.25) is 0 Å². The van der Waals surface area contributed by atoms with E-state index in [1.807, 2.05) is 6.92 Å². The van der Waals surface area contributed by atoms with E-state index in [0.717, 1.165) is 45.7 Å². The van der Waals surface area contributed by atoms with Gasteiger partial charge in [-0.3, -0.25) is 0 Å². The molecule has 1 fully saturated rings. The minimum atomic E-state index is 0.526. The standard InChI is InChI=1S/C10H19N5O/c1-9-13-10(16-14-9)12-3-2-6-15-7-4-11-5-8-15/h11H,2-8H2,1H3,(H,12,13,14). The molecular formula is C10H19N5O. The van der Waals surface area contributed by atoms with Crippen molar-refractivity contribution in [3.8, 4) is 0 Å². The third kappa shape index (κ3) is 3.46. The quantitative estimate of drug-likeness (QED) is 0.692. The van der Waals surface area contributed by atoms with E-state index in [1.165, 1.54) is 0 Å². The molecule has 90 valence electrons. The van der Waals surface area contributed by atoms with Crippen LogP contribution in [0.25, 0.3) is 0 Å². The highest BCUT2D eigenvalue weighted by Gasteiger charge is 2.08. The second-order valence-corrected chi connectivity index (χ2v) is 4.02. The van der Waals surface area contributed by atoms with Crippen molar-refractivity contribution < 1.29 is 4.52 Å². The van der Waals surface area contributed by atoms with Gasteiger partial charge in [0, 0.05) is 32.7 Å². The number of aromatic nitrogens is 2. The molecule has 0 unspecified atom stereocenters. The van der Waals surface area contributed by atoms with Gasteiger partial charge in [0.2, 0.25) is 0 Å². The van der Waals surface area contributed by atoms with Crippen LogP contribution in [0.5, 0.6) is 0 Å². The van der Waals surface area contributed by atoms with Gasteiger partial charge in [-0.05, 0) is 19.9 Å². The first-order chi connectivity index (χ1) is 7.84. The van der Waals surface area contributed by atoms with Crippen LogP contribution in [0.15, 0.2) is 4.52 Å². The molecule has 16 heavy (non-hydrogen) atoms. The molecule has 0 saturated carbocycles. The molecule has 1 aromatic heterocycles. The Kier molecular flexibility index (Phi) is 4.12. The Bertz CT molecular complexity index is 308. The van der Waals surface area contributed by atoms with Crippen LogP contribution >= 0.6 is 0 Å². The number of hydrogen-bond donors (Lipinski definition) is 2. The van der Waals surface area contributed by atoms with Crippen LogP contribution in [-0.4, -0.2) is 54.3 Å². The summed E-state index contributed by atoms with van der Waals surface area (Å²) >= 11 is 0. The Morgan fingerprint density at radius 3 is 2.94 bits per heavy atom. The number of aryl methyl sites for hydroxylation is 1. The van der Waals surface area contributed by atoms with Gasteiger partial charge in [0.15, 0.2) is 5.82 Å². The summed E-state index contributed by atoms with van der Waals surface area (Å²) in [6.07, 6.45) is 1.10. The van der Waals surface area contributed by atoms with E-state index in [1.54, 1.807) is 0 Å². The predicted molar refractivity (Wildman–Crippen MR) is 61.5 cm³/mol. The van der Waals surface area contributed by atoms with Crippen molar-refractivity contribution in [2.24, 2.45) is 0 Å². The maximum absolute atomic E-state index is 4.96. The average Bonchev–Trinajstić information content (AvgIpc) is 2.72. The maximum atomic E-state index is 4.96. The summed E-state index contributed by atoms with van der Waals surface area (Å²) in [6.45, 7) is 8.34. The molecule has 0 amide bonds. The number of nitrogens with zero attached hydrogens (tertiary/aromatic N) is 3. The van der Waals surface area contributed by atoms with Crippen molar-refractivity contribution in [2.75, 3.05) is 44.6 Å². The Balaban J connectivity index is 1.57. The molecule has 0 spiro atoms. The zero-order valence-corrected chi connectivity index (χ0v) is 9.70. The van der Waals surface area contributed by atoms with Crippen LogP contribution < -0.4 is 10.6 Å². The van der Waals surface area contributed by atoms with E-state index >= 15 is 0 Å². The third-order valence-corrected chi connectivity index (χ3v) is 2.66. The van der Waals surface area contributed by atoms with Crippen molar-refractivity contribution >= 4 is 6.01 Å². The first-order valence-corrected chi connectivity index (χ1v) is 5.82.